The Bertz CT molecular complexity index is 544. The van der Waals surface area contributed by atoms with Gasteiger partial charge in [-0.3, -0.25) is 9.78 Å². The lowest BCUT2D eigenvalue weighted by molar-refractivity contribution is 0.102. The van der Waals surface area contributed by atoms with Crippen molar-refractivity contribution in [3.05, 3.63) is 47.0 Å². The Morgan fingerprint density at radius 1 is 1.35 bits per heavy atom. The summed E-state index contributed by atoms with van der Waals surface area (Å²) in [5.74, 6) is -0.329. The predicted molar refractivity (Wildman–Crippen MR) is 68.5 cm³/mol. The van der Waals surface area contributed by atoms with Gasteiger partial charge in [-0.15, -0.1) is 0 Å². The second kappa shape index (κ2) is 4.92. The molecule has 1 aromatic carbocycles. The number of benzene rings is 1. The van der Waals surface area contributed by atoms with E-state index >= 15 is 0 Å². The van der Waals surface area contributed by atoms with E-state index in [1.54, 1.807) is 18.2 Å². The van der Waals surface area contributed by atoms with Gasteiger partial charge in [-0.1, -0.05) is 0 Å². The van der Waals surface area contributed by atoms with E-state index in [1.165, 1.54) is 18.6 Å². The van der Waals surface area contributed by atoms with Crippen molar-refractivity contribution in [2.24, 2.45) is 0 Å². The predicted octanol–water partition coefficient (Wildman–Crippen LogP) is 2.07. The summed E-state index contributed by atoms with van der Waals surface area (Å²) >= 11 is 3.33. The summed E-state index contributed by atoms with van der Waals surface area (Å²) in [5, 5.41) is 2.70. The number of hydrogen-bond acceptors (Lipinski definition) is 4. The van der Waals surface area contributed by atoms with Crippen LogP contribution < -0.4 is 11.1 Å². The Morgan fingerprint density at radius 3 is 2.88 bits per heavy atom. The van der Waals surface area contributed by atoms with Crippen molar-refractivity contribution in [1.29, 1.82) is 0 Å². The molecule has 0 spiro atoms. The van der Waals surface area contributed by atoms with Crippen molar-refractivity contribution in [2.75, 3.05) is 11.1 Å². The van der Waals surface area contributed by atoms with Crippen LogP contribution in [-0.2, 0) is 0 Å². The molecule has 6 heteroatoms. The molecule has 5 nitrogen and oxygen atoms in total. The molecule has 0 saturated heterocycles. The van der Waals surface area contributed by atoms with Crippen LogP contribution in [0.2, 0.25) is 0 Å². The summed E-state index contributed by atoms with van der Waals surface area (Å²) in [6, 6.07) is 5.17. The molecular weight excluding hydrogens is 284 g/mol. The van der Waals surface area contributed by atoms with E-state index in [1.807, 2.05) is 0 Å². The quantitative estimate of drug-likeness (QED) is 0.831. The molecule has 0 atom stereocenters. The van der Waals surface area contributed by atoms with Gasteiger partial charge in [0, 0.05) is 22.6 Å². The van der Waals surface area contributed by atoms with Gasteiger partial charge in [0.2, 0.25) is 0 Å². The molecule has 0 fully saturated rings. The van der Waals surface area contributed by atoms with Gasteiger partial charge in [0.25, 0.3) is 5.91 Å². The van der Waals surface area contributed by atoms with Gasteiger partial charge in [-0.25, -0.2) is 4.98 Å². The Hall–Kier alpha value is -1.95. The number of rotatable bonds is 2. The molecule has 0 aliphatic rings. The number of anilines is 2. The number of halogens is 1. The highest BCUT2D eigenvalue weighted by atomic mass is 79.9. The number of hydrogen-bond donors (Lipinski definition) is 2. The normalized spacial score (nSPS) is 9.94. The summed E-state index contributed by atoms with van der Waals surface area (Å²) < 4.78 is 0.754. The molecule has 2 aromatic rings. The Balaban J connectivity index is 2.22. The van der Waals surface area contributed by atoms with Crippen LogP contribution in [0.25, 0.3) is 0 Å². The van der Waals surface area contributed by atoms with E-state index in [4.69, 9.17) is 5.73 Å². The van der Waals surface area contributed by atoms with Crippen LogP contribution in [0.1, 0.15) is 10.5 Å². The molecule has 0 bridgehead atoms. The van der Waals surface area contributed by atoms with E-state index < -0.39 is 0 Å². The second-order valence-electron chi connectivity index (χ2n) is 3.28. The molecular formula is C11H9BrN4O. The van der Waals surface area contributed by atoms with Gasteiger partial charge in [-0.2, -0.15) is 0 Å². The zero-order valence-corrected chi connectivity index (χ0v) is 10.3. The van der Waals surface area contributed by atoms with Crippen molar-refractivity contribution < 1.29 is 4.79 Å². The number of nitrogen functional groups attached to an aromatic ring is 1. The maximum Gasteiger partial charge on any atom is 0.275 e. The number of carbonyl (C=O) groups is 1. The average Bonchev–Trinajstić information content (AvgIpc) is 2.35. The zero-order valence-electron chi connectivity index (χ0n) is 8.72. The molecule has 17 heavy (non-hydrogen) atoms. The van der Waals surface area contributed by atoms with Crippen molar-refractivity contribution in [3.8, 4) is 0 Å². The van der Waals surface area contributed by atoms with Crippen LogP contribution in [0.15, 0.2) is 41.3 Å². The highest BCUT2D eigenvalue weighted by Crippen LogP contribution is 2.24. The number of aromatic nitrogens is 2. The smallest absolute Gasteiger partial charge is 0.275 e. The lowest BCUT2D eigenvalue weighted by Crippen LogP contribution is -2.14. The molecule has 0 radical (unpaired) electrons. The molecule has 1 amide bonds. The van der Waals surface area contributed by atoms with E-state index in [2.05, 4.69) is 31.2 Å². The van der Waals surface area contributed by atoms with Crippen molar-refractivity contribution in [1.82, 2.24) is 9.97 Å². The highest BCUT2D eigenvalue weighted by Gasteiger charge is 2.09. The second-order valence-corrected chi connectivity index (χ2v) is 4.14. The fourth-order valence-corrected chi connectivity index (χ4v) is 1.59. The Labute approximate surface area is 106 Å². The third-order valence-corrected chi connectivity index (χ3v) is 2.73. The zero-order chi connectivity index (χ0) is 12.3. The third-order valence-electron chi connectivity index (χ3n) is 2.03. The van der Waals surface area contributed by atoms with E-state index in [0.717, 1.165) is 4.47 Å². The molecule has 0 unspecified atom stereocenters. The van der Waals surface area contributed by atoms with Crippen LogP contribution in [0, 0.1) is 0 Å². The van der Waals surface area contributed by atoms with Crippen LogP contribution in [0.3, 0.4) is 0 Å². The van der Waals surface area contributed by atoms with Crippen LogP contribution in [-0.4, -0.2) is 15.9 Å². The van der Waals surface area contributed by atoms with E-state index in [0.29, 0.717) is 11.4 Å². The van der Waals surface area contributed by atoms with Gasteiger partial charge in [0.05, 0.1) is 11.9 Å². The first-order valence-corrected chi connectivity index (χ1v) is 5.58. The Morgan fingerprint density at radius 2 is 2.18 bits per heavy atom. The van der Waals surface area contributed by atoms with Gasteiger partial charge in [0.15, 0.2) is 0 Å². The monoisotopic (exact) mass is 292 g/mol. The third kappa shape index (κ3) is 2.79. The molecule has 0 aliphatic heterocycles. The van der Waals surface area contributed by atoms with Gasteiger partial charge in [0.1, 0.15) is 5.69 Å². The fourth-order valence-electron chi connectivity index (χ4n) is 1.24. The number of nitrogens with one attached hydrogen (secondary N) is 1. The lowest BCUT2D eigenvalue weighted by Gasteiger charge is -2.07. The van der Waals surface area contributed by atoms with E-state index in [-0.39, 0.29) is 11.6 Å². The van der Waals surface area contributed by atoms with Gasteiger partial charge in [-0.05, 0) is 34.1 Å². The maximum absolute atomic E-state index is 11.8. The first-order chi connectivity index (χ1) is 8.16. The summed E-state index contributed by atoms with van der Waals surface area (Å²) in [6.45, 7) is 0. The van der Waals surface area contributed by atoms with Crippen LogP contribution in [0.4, 0.5) is 11.4 Å². The molecule has 3 N–H and O–H groups in total. The van der Waals surface area contributed by atoms with Crippen molar-refractivity contribution in [3.63, 3.8) is 0 Å². The number of amides is 1. The number of nitrogens with zero attached hydrogens (tertiary/aromatic N) is 2. The van der Waals surface area contributed by atoms with Crippen molar-refractivity contribution >= 4 is 33.2 Å². The Kier molecular flexibility index (Phi) is 3.34. The summed E-state index contributed by atoms with van der Waals surface area (Å²) in [4.78, 5) is 19.5. The van der Waals surface area contributed by atoms with E-state index in [9.17, 15) is 4.79 Å². The lowest BCUT2D eigenvalue weighted by atomic mass is 10.2. The summed E-state index contributed by atoms with van der Waals surface area (Å²) in [5.41, 5.74) is 7.06. The standard InChI is InChI=1S/C11H9BrN4O/c12-8-2-1-7(13)5-9(8)16-11(17)10-6-14-3-4-15-10/h1-6H,13H2,(H,16,17). The summed E-state index contributed by atoms with van der Waals surface area (Å²) in [6.07, 6.45) is 4.37. The first kappa shape index (κ1) is 11.5. The maximum atomic E-state index is 11.8. The van der Waals surface area contributed by atoms with Gasteiger partial charge < -0.3 is 11.1 Å². The average molecular weight is 293 g/mol. The minimum absolute atomic E-state index is 0.252. The largest absolute Gasteiger partial charge is 0.399 e. The van der Waals surface area contributed by atoms with Crippen molar-refractivity contribution in [2.45, 2.75) is 0 Å². The minimum Gasteiger partial charge on any atom is -0.399 e. The number of carbonyl (C=O) groups excluding carboxylic acids is 1. The minimum atomic E-state index is -0.329. The fraction of sp³-hybridized carbons (Fsp3) is 0. The SMILES string of the molecule is Nc1ccc(Br)c(NC(=O)c2cnccn2)c1. The molecule has 0 saturated carbocycles. The van der Waals surface area contributed by atoms with Crippen LogP contribution >= 0.6 is 15.9 Å². The first-order valence-electron chi connectivity index (χ1n) is 4.79. The molecule has 2 rings (SSSR count). The molecule has 1 aromatic heterocycles. The summed E-state index contributed by atoms with van der Waals surface area (Å²) in [7, 11) is 0. The number of nitrogens with two attached hydrogens (primary N) is 1. The van der Waals surface area contributed by atoms with Gasteiger partial charge >= 0.3 is 0 Å². The highest BCUT2D eigenvalue weighted by molar-refractivity contribution is 9.10. The molecule has 86 valence electrons. The van der Waals surface area contributed by atoms with Crippen LogP contribution in [0.5, 0.6) is 0 Å². The topological polar surface area (TPSA) is 80.9 Å². The molecule has 0 aliphatic carbocycles. The molecule has 1 heterocycles.